The van der Waals surface area contributed by atoms with Gasteiger partial charge < -0.3 is 14.7 Å². The van der Waals surface area contributed by atoms with E-state index >= 15 is 0 Å². The predicted octanol–water partition coefficient (Wildman–Crippen LogP) is 2.94. The summed E-state index contributed by atoms with van der Waals surface area (Å²) in [6.07, 6.45) is 9.60. The molecule has 0 N–H and O–H groups in total. The van der Waals surface area contributed by atoms with Gasteiger partial charge in [0.25, 0.3) is 0 Å². The summed E-state index contributed by atoms with van der Waals surface area (Å²) in [5.74, 6) is 2.85. The summed E-state index contributed by atoms with van der Waals surface area (Å²) < 4.78 is 0. The first-order valence-electron chi connectivity index (χ1n) is 10.8. The first kappa shape index (κ1) is 20.9. The number of aromatic nitrogens is 3. The lowest BCUT2D eigenvalue weighted by molar-refractivity contribution is -0.131. The lowest BCUT2D eigenvalue weighted by Gasteiger charge is -2.36. The summed E-state index contributed by atoms with van der Waals surface area (Å²) in [6.45, 7) is 5.28. The molecule has 7 nitrogen and oxygen atoms in total. The summed E-state index contributed by atoms with van der Waals surface area (Å²) in [5.41, 5.74) is 0. The van der Waals surface area contributed by atoms with Gasteiger partial charge >= 0.3 is 0 Å². The summed E-state index contributed by atoms with van der Waals surface area (Å²) in [7, 11) is 0. The number of carbonyl (C=O) groups excluding carboxylic acids is 1. The van der Waals surface area contributed by atoms with Crippen molar-refractivity contribution in [2.45, 2.75) is 30.8 Å². The third kappa shape index (κ3) is 5.22. The monoisotopic (exact) mass is 426 g/mol. The molecule has 2 aliphatic rings. The average Bonchev–Trinajstić information content (AvgIpc) is 2.83. The molecule has 1 atom stereocenters. The van der Waals surface area contributed by atoms with E-state index in [1.807, 2.05) is 47.8 Å². The van der Waals surface area contributed by atoms with Crippen LogP contribution in [0.2, 0.25) is 0 Å². The molecular formula is C22H30N6OS. The van der Waals surface area contributed by atoms with E-state index in [1.165, 1.54) is 6.42 Å². The molecule has 0 spiro atoms. The number of anilines is 2. The van der Waals surface area contributed by atoms with Gasteiger partial charge in [0.05, 0.1) is 0 Å². The van der Waals surface area contributed by atoms with Crippen molar-refractivity contribution >= 4 is 29.3 Å². The minimum Gasteiger partial charge on any atom is -0.356 e. The Balaban J connectivity index is 1.24. The molecule has 2 aromatic rings. The highest BCUT2D eigenvalue weighted by atomic mass is 32.2. The molecule has 30 heavy (non-hydrogen) atoms. The molecule has 0 bridgehead atoms. The molecule has 1 unspecified atom stereocenters. The second kappa shape index (κ2) is 10.1. The van der Waals surface area contributed by atoms with E-state index in [0.717, 1.165) is 68.9 Å². The highest BCUT2D eigenvalue weighted by Crippen LogP contribution is 2.26. The maximum Gasteiger partial charge on any atom is 0.222 e. The minimum absolute atomic E-state index is 0.291. The van der Waals surface area contributed by atoms with Crippen molar-refractivity contribution in [3.63, 3.8) is 0 Å². The van der Waals surface area contributed by atoms with Gasteiger partial charge in [0.1, 0.15) is 11.6 Å². The third-order valence-electron chi connectivity index (χ3n) is 6.02. The summed E-state index contributed by atoms with van der Waals surface area (Å²) >= 11 is 1.57. The van der Waals surface area contributed by atoms with Crippen LogP contribution in [0.1, 0.15) is 25.7 Å². The van der Waals surface area contributed by atoms with Crippen LogP contribution < -0.4 is 9.80 Å². The number of thioether (sulfide) groups is 1. The number of amides is 1. The molecular weight excluding hydrogens is 396 g/mol. The summed E-state index contributed by atoms with van der Waals surface area (Å²) in [6, 6.07) is 7.97. The minimum atomic E-state index is 0.291. The number of carbonyl (C=O) groups is 1. The second-order valence-electron chi connectivity index (χ2n) is 7.95. The van der Waals surface area contributed by atoms with Crippen LogP contribution in [0, 0.1) is 5.92 Å². The van der Waals surface area contributed by atoms with E-state index in [1.54, 1.807) is 11.8 Å². The molecule has 0 aromatic carbocycles. The van der Waals surface area contributed by atoms with Crippen molar-refractivity contribution < 1.29 is 4.79 Å². The fraction of sp³-hybridized carbons (Fsp3) is 0.545. The Bertz CT molecular complexity index is 827. The van der Waals surface area contributed by atoms with Crippen LogP contribution in [0.15, 0.2) is 41.8 Å². The Morgan fingerprint density at radius 1 is 1.03 bits per heavy atom. The first-order chi connectivity index (χ1) is 14.7. The van der Waals surface area contributed by atoms with E-state index in [9.17, 15) is 4.79 Å². The van der Waals surface area contributed by atoms with Crippen LogP contribution in [0.25, 0.3) is 0 Å². The fourth-order valence-electron chi connectivity index (χ4n) is 4.33. The van der Waals surface area contributed by atoms with Crippen LogP contribution >= 0.6 is 11.8 Å². The normalized spacial score (nSPS) is 19.8. The Morgan fingerprint density at radius 2 is 1.90 bits per heavy atom. The SMILES string of the molecule is CSc1nccc(N2CCCC(CCC(=O)N3CCN(c4ccccn4)CC3)C2)n1. The molecule has 160 valence electrons. The van der Waals surface area contributed by atoms with E-state index in [0.29, 0.717) is 18.2 Å². The lowest BCUT2D eigenvalue weighted by atomic mass is 9.93. The zero-order valence-electron chi connectivity index (χ0n) is 17.6. The molecule has 1 amide bonds. The van der Waals surface area contributed by atoms with Crippen molar-refractivity contribution in [3.8, 4) is 0 Å². The highest BCUT2D eigenvalue weighted by Gasteiger charge is 2.25. The van der Waals surface area contributed by atoms with Gasteiger partial charge in [-0.2, -0.15) is 0 Å². The number of rotatable bonds is 6. The van der Waals surface area contributed by atoms with Crippen molar-refractivity contribution in [3.05, 3.63) is 36.7 Å². The predicted molar refractivity (Wildman–Crippen MR) is 121 cm³/mol. The first-order valence-corrected chi connectivity index (χ1v) is 12.0. The number of nitrogens with zero attached hydrogens (tertiary/aromatic N) is 6. The molecule has 2 saturated heterocycles. The second-order valence-corrected chi connectivity index (χ2v) is 8.72. The van der Waals surface area contributed by atoms with Crippen LogP contribution in [0.3, 0.4) is 0 Å². The fourth-order valence-corrected chi connectivity index (χ4v) is 4.68. The van der Waals surface area contributed by atoms with Crippen LogP contribution in [0.5, 0.6) is 0 Å². The van der Waals surface area contributed by atoms with Gasteiger partial charge in [0, 0.05) is 58.1 Å². The van der Waals surface area contributed by atoms with Gasteiger partial charge in [-0.25, -0.2) is 15.0 Å². The van der Waals surface area contributed by atoms with Gasteiger partial charge in [-0.15, -0.1) is 0 Å². The van der Waals surface area contributed by atoms with Crippen LogP contribution in [-0.4, -0.2) is 71.3 Å². The molecule has 4 heterocycles. The summed E-state index contributed by atoms with van der Waals surface area (Å²) in [4.78, 5) is 32.7. The van der Waals surface area contributed by atoms with E-state index in [2.05, 4.69) is 24.8 Å². The number of hydrogen-bond donors (Lipinski definition) is 0. The van der Waals surface area contributed by atoms with Crippen molar-refractivity contribution in [2.75, 3.05) is 55.3 Å². The molecule has 8 heteroatoms. The lowest BCUT2D eigenvalue weighted by Crippen LogP contribution is -2.49. The van der Waals surface area contributed by atoms with Crippen molar-refractivity contribution in [1.29, 1.82) is 0 Å². The van der Waals surface area contributed by atoms with Crippen molar-refractivity contribution in [1.82, 2.24) is 19.9 Å². The number of piperidine rings is 1. The number of piperazine rings is 1. The largest absolute Gasteiger partial charge is 0.356 e. The average molecular weight is 427 g/mol. The molecule has 0 aliphatic carbocycles. The van der Waals surface area contributed by atoms with Crippen LogP contribution in [0.4, 0.5) is 11.6 Å². The van der Waals surface area contributed by atoms with E-state index < -0.39 is 0 Å². The zero-order valence-corrected chi connectivity index (χ0v) is 18.4. The Labute approximate surface area is 182 Å². The summed E-state index contributed by atoms with van der Waals surface area (Å²) in [5, 5.41) is 0.814. The molecule has 4 rings (SSSR count). The quantitative estimate of drug-likeness (QED) is 0.520. The van der Waals surface area contributed by atoms with Gasteiger partial charge in [-0.1, -0.05) is 17.8 Å². The Morgan fingerprint density at radius 3 is 2.67 bits per heavy atom. The number of hydrogen-bond acceptors (Lipinski definition) is 7. The maximum atomic E-state index is 12.8. The van der Waals surface area contributed by atoms with E-state index in [4.69, 9.17) is 0 Å². The van der Waals surface area contributed by atoms with Gasteiger partial charge in [-0.3, -0.25) is 4.79 Å². The molecule has 0 saturated carbocycles. The van der Waals surface area contributed by atoms with Gasteiger partial charge in [0.2, 0.25) is 5.91 Å². The number of pyridine rings is 1. The topological polar surface area (TPSA) is 65.5 Å². The standard InChI is InChI=1S/C22H30N6OS/c1-30-22-24-11-9-20(25-22)28-12-4-5-18(17-28)7-8-21(29)27-15-13-26(14-16-27)19-6-2-3-10-23-19/h2-3,6,9-11,18H,4-5,7-8,12-17H2,1H3. The van der Waals surface area contributed by atoms with Crippen LogP contribution in [-0.2, 0) is 4.79 Å². The molecule has 0 radical (unpaired) electrons. The van der Waals surface area contributed by atoms with Crippen molar-refractivity contribution in [2.24, 2.45) is 5.92 Å². The maximum absolute atomic E-state index is 12.8. The van der Waals surface area contributed by atoms with Gasteiger partial charge in [-0.05, 0) is 49.6 Å². The molecule has 2 aliphatic heterocycles. The van der Waals surface area contributed by atoms with E-state index in [-0.39, 0.29) is 0 Å². The molecule has 2 aromatic heterocycles. The van der Waals surface area contributed by atoms with Gasteiger partial charge in [0.15, 0.2) is 5.16 Å². The Kier molecular flexibility index (Phi) is 7.04. The zero-order chi connectivity index (χ0) is 20.8. The third-order valence-corrected chi connectivity index (χ3v) is 6.58. The highest BCUT2D eigenvalue weighted by molar-refractivity contribution is 7.98. The Hall–Kier alpha value is -2.35. The smallest absolute Gasteiger partial charge is 0.222 e. The molecule has 2 fully saturated rings.